The molecule has 2 rings (SSSR count). The Labute approximate surface area is 214 Å². The third-order valence-electron chi connectivity index (χ3n) is 5.63. The van der Waals surface area contributed by atoms with E-state index in [4.69, 9.17) is 4.74 Å². The highest BCUT2D eigenvalue weighted by Crippen LogP contribution is 2.33. The molecule has 36 heavy (non-hydrogen) atoms. The van der Waals surface area contributed by atoms with Crippen molar-refractivity contribution < 1.29 is 24.2 Å². The largest absolute Gasteiger partial charge is 0.507 e. The number of ether oxygens (including phenoxy) is 1. The summed E-state index contributed by atoms with van der Waals surface area (Å²) in [6.45, 7) is 10.8. The smallest absolute Gasteiger partial charge is 0.408 e. The Balaban J connectivity index is 2.43. The van der Waals surface area contributed by atoms with Crippen LogP contribution in [-0.4, -0.2) is 46.6 Å². The van der Waals surface area contributed by atoms with Crippen molar-refractivity contribution in [2.75, 3.05) is 18.4 Å². The number of anilines is 1. The first-order valence-electron chi connectivity index (χ1n) is 12.4. The summed E-state index contributed by atoms with van der Waals surface area (Å²) < 4.78 is 5.25. The standard InChI is InChI=1S/C28H39N3O5/c1-7-8-11-17-31(23(32)18-29-27(35)36-28(4,5)6)24(21-15-12-14-20(3)25(21)33)26(34)30-22-16-10-9-13-19(22)2/h9-10,12-16,24,33H,7-8,11,17-18H2,1-6H3,(H,29,35)(H,30,34). The van der Waals surface area contributed by atoms with Crippen LogP contribution in [0.4, 0.5) is 10.5 Å². The number of unbranched alkanes of at least 4 members (excludes halogenated alkanes) is 2. The molecule has 1 atom stereocenters. The van der Waals surface area contributed by atoms with Gasteiger partial charge in [0, 0.05) is 17.8 Å². The molecule has 0 saturated carbocycles. The summed E-state index contributed by atoms with van der Waals surface area (Å²) in [6.07, 6.45) is 1.72. The fourth-order valence-corrected chi connectivity index (χ4v) is 3.76. The number of hydrogen-bond donors (Lipinski definition) is 3. The van der Waals surface area contributed by atoms with E-state index in [0.29, 0.717) is 23.2 Å². The first-order valence-corrected chi connectivity index (χ1v) is 12.4. The number of phenolic OH excluding ortho intramolecular Hbond substituents is 1. The number of rotatable bonds is 10. The van der Waals surface area contributed by atoms with Gasteiger partial charge in [0.25, 0.3) is 5.91 Å². The topological polar surface area (TPSA) is 108 Å². The van der Waals surface area contributed by atoms with Gasteiger partial charge in [-0.3, -0.25) is 9.59 Å². The molecule has 8 heteroatoms. The lowest BCUT2D eigenvalue weighted by Crippen LogP contribution is -2.47. The zero-order valence-corrected chi connectivity index (χ0v) is 22.2. The highest BCUT2D eigenvalue weighted by Gasteiger charge is 2.34. The van der Waals surface area contributed by atoms with Crippen molar-refractivity contribution in [1.29, 1.82) is 0 Å². The SMILES string of the molecule is CCCCCN(C(=O)CNC(=O)OC(C)(C)C)C(C(=O)Nc1ccccc1C)c1cccc(C)c1O. The van der Waals surface area contributed by atoms with Crippen molar-refractivity contribution in [2.45, 2.75) is 72.4 Å². The summed E-state index contributed by atoms with van der Waals surface area (Å²) in [5.74, 6) is -0.953. The predicted molar refractivity (Wildman–Crippen MR) is 141 cm³/mol. The number of hydrogen-bond acceptors (Lipinski definition) is 5. The average Bonchev–Trinajstić information content (AvgIpc) is 2.80. The van der Waals surface area contributed by atoms with Crippen LogP contribution >= 0.6 is 0 Å². The minimum atomic E-state index is -1.10. The number of alkyl carbamates (subject to hydrolysis) is 1. The first-order chi connectivity index (χ1) is 16.9. The van der Waals surface area contributed by atoms with Crippen LogP contribution in [0.25, 0.3) is 0 Å². The van der Waals surface area contributed by atoms with Crippen molar-refractivity contribution in [3.8, 4) is 5.75 Å². The van der Waals surface area contributed by atoms with Crippen LogP contribution in [0.2, 0.25) is 0 Å². The van der Waals surface area contributed by atoms with E-state index >= 15 is 0 Å². The Morgan fingerprint density at radius 1 is 1.00 bits per heavy atom. The van der Waals surface area contributed by atoms with Crippen LogP contribution in [0.5, 0.6) is 5.75 Å². The van der Waals surface area contributed by atoms with Gasteiger partial charge in [0.15, 0.2) is 0 Å². The molecule has 1 unspecified atom stereocenters. The summed E-state index contributed by atoms with van der Waals surface area (Å²) in [6, 6.07) is 11.4. The third-order valence-corrected chi connectivity index (χ3v) is 5.63. The number of aryl methyl sites for hydroxylation is 2. The van der Waals surface area contributed by atoms with Crippen molar-refractivity contribution in [3.63, 3.8) is 0 Å². The Morgan fingerprint density at radius 3 is 2.31 bits per heavy atom. The van der Waals surface area contributed by atoms with E-state index in [1.54, 1.807) is 52.0 Å². The molecule has 0 spiro atoms. The molecule has 196 valence electrons. The molecule has 0 aliphatic heterocycles. The molecule has 3 N–H and O–H groups in total. The zero-order chi connectivity index (χ0) is 26.9. The molecular formula is C28H39N3O5. The van der Waals surface area contributed by atoms with Gasteiger partial charge in [0.1, 0.15) is 23.9 Å². The van der Waals surface area contributed by atoms with E-state index in [1.165, 1.54) is 4.90 Å². The zero-order valence-electron chi connectivity index (χ0n) is 22.2. The fraction of sp³-hybridized carbons (Fsp3) is 0.464. The molecule has 3 amide bonds. The number of nitrogens with one attached hydrogen (secondary N) is 2. The van der Waals surface area contributed by atoms with Gasteiger partial charge in [-0.25, -0.2) is 4.79 Å². The highest BCUT2D eigenvalue weighted by atomic mass is 16.6. The molecule has 2 aromatic rings. The van der Waals surface area contributed by atoms with Crippen LogP contribution in [0.15, 0.2) is 42.5 Å². The Hall–Kier alpha value is -3.55. The summed E-state index contributed by atoms with van der Waals surface area (Å²) in [4.78, 5) is 40.7. The second-order valence-electron chi connectivity index (χ2n) is 9.87. The molecule has 0 heterocycles. The molecule has 0 aliphatic rings. The maximum Gasteiger partial charge on any atom is 0.408 e. The number of para-hydroxylation sites is 2. The van der Waals surface area contributed by atoms with Crippen molar-refractivity contribution in [2.24, 2.45) is 0 Å². The fourth-order valence-electron chi connectivity index (χ4n) is 3.76. The number of aromatic hydroxyl groups is 1. The summed E-state index contributed by atoms with van der Waals surface area (Å²) in [7, 11) is 0. The van der Waals surface area contributed by atoms with E-state index in [-0.39, 0.29) is 18.8 Å². The van der Waals surface area contributed by atoms with Crippen LogP contribution in [0.1, 0.15) is 69.7 Å². The van der Waals surface area contributed by atoms with Crippen LogP contribution in [0.3, 0.4) is 0 Å². The molecule has 0 saturated heterocycles. The summed E-state index contributed by atoms with van der Waals surface area (Å²) >= 11 is 0. The van der Waals surface area contributed by atoms with Gasteiger partial charge in [-0.1, -0.05) is 56.2 Å². The number of amides is 3. The Kier molecular flexibility index (Phi) is 10.3. The minimum absolute atomic E-state index is 0.0455. The molecule has 0 bridgehead atoms. The number of carbonyl (C=O) groups excluding carboxylic acids is 3. The van der Waals surface area contributed by atoms with E-state index < -0.39 is 29.6 Å². The van der Waals surface area contributed by atoms with E-state index in [1.807, 2.05) is 32.0 Å². The first kappa shape index (κ1) is 28.7. The minimum Gasteiger partial charge on any atom is -0.507 e. The van der Waals surface area contributed by atoms with Crippen LogP contribution in [-0.2, 0) is 14.3 Å². The molecule has 8 nitrogen and oxygen atoms in total. The van der Waals surface area contributed by atoms with E-state index in [2.05, 4.69) is 10.6 Å². The third kappa shape index (κ3) is 8.29. The predicted octanol–water partition coefficient (Wildman–Crippen LogP) is 5.23. The van der Waals surface area contributed by atoms with E-state index in [9.17, 15) is 19.5 Å². The normalized spacial score (nSPS) is 11.9. The number of carbonyl (C=O) groups is 3. The second kappa shape index (κ2) is 13.0. The Morgan fingerprint density at radius 2 is 1.67 bits per heavy atom. The Bertz CT molecular complexity index is 1060. The molecule has 2 aromatic carbocycles. The second-order valence-corrected chi connectivity index (χ2v) is 9.87. The van der Waals surface area contributed by atoms with Gasteiger partial charge in [-0.15, -0.1) is 0 Å². The van der Waals surface area contributed by atoms with Gasteiger partial charge in [-0.2, -0.15) is 0 Å². The molecule has 0 aliphatic carbocycles. The maximum atomic E-state index is 13.7. The lowest BCUT2D eigenvalue weighted by molar-refractivity contribution is -0.138. The maximum absolute atomic E-state index is 13.7. The van der Waals surface area contributed by atoms with Gasteiger partial charge >= 0.3 is 6.09 Å². The molecule has 0 aromatic heterocycles. The average molecular weight is 498 g/mol. The number of benzene rings is 2. The monoisotopic (exact) mass is 497 g/mol. The van der Waals surface area contributed by atoms with Crippen molar-refractivity contribution in [1.82, 2.24) is 10.2 Å². The quantitative estimate of drug-likeness (QED) is 0.390. The van der Waals surface area contributed by atoms with Gasteiger partial charge in [-0.05, 0) is 58.2 Å². The van der Waals surface area contributed by atoms with E-state index in [0.717, 1.165) is 18.4 Å². The molecular weight excluding hydrogens is 458 g/mol. The highest BCUT2D eigenvalue weighted by molar-refractivity contribution is 5.99. The summed E-state index contributed by atoms with van der Waals surface area (Å²) in [5.41, 5.74) is 1.69. The van der Waals surface area contributed by atoms with Crippen molar-refractivity contribution >= 4 is 23.6 Å². The lowest BCUT2D eigenvalue weighted by atomic mass is 9.99. The summed E-state index contributed by atoms with van der Waals surface area (Å²) in [5, 5.41) is 16.3. The molecule has 0 radical (unpaired) electrons. The van der Waals surface area contributed by atoms with Gasteiger partial charge in [0.05, 0.1) is 0 Å². The van der Waals surface area contributed by atoms with Gasteiger partial charge in [0.2, 0.25) is 5.91 Å². The van der Waals surface area contributed by atoms with Gasteiger partial charge < -0.3 is 25.4 Å². The molecule has 0 fully saturated rings. The number of phenols is 1. The van der Waals surface area contributed by atoms with Crippen LogP contribution in [0, 0.1) is 13.8 Å². The van der Waals surface area contributed by atoms with Crippen LogP contribution < -0.4 is 10.6 Å². The van der Waals surface area contributed by atoms with Crippen molar-refractivity contribution in [3.05, 3.63) is 59.2 Å². The lowest BCUT2D eigenvalue weighted by Gasteiger charge is -2.32. The number of nitrogens with zero attached hydrogens (tertiary/aromatic N) is 1.